The number of aliphatic hydroxyl groups is 4. The monoisotopic (exact) mass is 512 g/mol. The van der Waals surface area contributed by atoms with Crippen molar-refractivity contribution in [2.75, 3.05) is 61.5 Å². The summed E-state index contributed by atoms with van der Waals surface area (Å²) in [6, 6.07) is 0. The number of aliphatic hydroxyl groups excluding tert-OH is 4. The average molecular weight is 512 g/mol. The summed E-state index contributed by atoms with van der Waals surface area (Å²) in [5, 5.41) is 37.5. The van der Waals surface area contributed by atoms with Crippen LogP contribution in [0, 0.1) is 0 Å². The Balaban J connectivity index is 0.000000173. The predicted molar refractivity (Wildman–Crippen MR) is 126 cm³/mol. The Morgan fingerprint density at radius 2 is 1.78 bits per heavy atom. The number of hydrogen-bond acceptors (Lipinski definition) is 15. The number of epoxide rings is 1. The summed E-state index contributed by atoms with van der Waals surface area (Å²) in [5.41, 5.74) is 10.8. The van der Waals surface area contributed by atoms with Gasteiger partial charge in [0.15, 0.2) is 17.0 Å². The van der Waals surface area contributed by atoms with Gasteiger partial charge >= 0.3 is 0 Å². The second-order valence-corrected chi connectivity index (χ2v) is 7.42. The summed E-state index contributed by atoms with van der Waals surface area (Å²) in [4.78, 5) is 40.6. The van der Waals surface area contributed by atoms with E-state index in [0.717, 1.165) is 6.61 Å². The van der Waals surface area contributed by atoms with Gasteiger partial charge in [-0.2, -0.15) is 9.97 Å². The third kappa shape index (κ3) is 6.65. The first kappa shape index (κ1) is 26.8. The van der Waals surface area contributed by atoms with Gasteiger partial charge in [-0.3, -0.25) is 24.1 Å². The molecule has 5 heterocycles. The van der Waals surface area contributed by atoms with Crippen molar-refractivity contribution >= 4 is 34.6 Å². The van der Waals surface area contributed by atoms with Crippen LogP contribution in [0.2, 0.25) is 0 Å². The third-order valence-corrected chi connectivity index (χ3v) is 4.79. The fourth-order valence-electron chi connectivity index (χ4n) is 2.82. The van der Waals surface area contributed by atoms with Crippen molar-refractivity contribution in [3.63, 3.8) is 0 Å². The SMILES string of the molecule is Nc1nc2c(c(=O)[nH]1)NCN2CO.Nc1nc2c(ncn2COC(CO)CO)c(=O)[nH]1.OCC1CO1. The Hall–Kier alpha value is -3.81. The molecule has 3 aromatic rings. The third-order valence-electron chi connectivity index (χ3n) is 4.79. The molecule has 0 aliphatic carbocycles. The Kier molecular flexibility index (Phi) is 9.11. The van der Waals surface area contributed by atoms with E-state index >= 15 is 0 Å². The molecule has 0 bridgehead atoms. The lowest BCUT2D eigenvalue weighted by atomic mass is 10.4. The maximum atomic E-state index is 11.5. The molecule has 1 unspecified atom stereocenters. The van der Waals surface area contributed by atoms with E-state index in [1.807, 2.05) is 0 Å². The predicted octanol–water partition coefficient (Wildman–Crippen LogP) is -4.10. The molecule has 0 spiro atoms. The van der Waals surface area contributed by atoms with Gasteiger partial charge in [0.2, 0.25) is 11.9 Å². The summed E-state index contributed by atoms with van der Waals surface area (Å²) in [6.45, 7) is 0.508. The number of rotatable bonds is 7. The van der Waals surface area contributed by atoms with Gasteiger partial charge < -0.3 is 51.6 Å². The molecule has 0 radical (unpaired) electrons. The first-order valence-electron chi connectivity index (χ1n) is 10.6. The molecule has 1 saturated heterocycles. The highest BCUT2D eigenvalue weighted by Gasteiger charge is 2.22. The van der Waals surface area contributed by atoms with Crippen LogP contribution in [0.25, 0.3) is 11.2 Å². The minimum atomic E-state index is -0.693. The van der Waals surface area contributed by atoms with Crippen molar-refractivity contribution in [2.45, 2.75) is 18.9 Å². The Bertz CT molecular complexity index is 1250. The van der Waals surface area contributed by atoms with Crippen LogP contribution in [0.3, 0.4) is 0 Å². The number of ether oxygens (including phenoxy) is 2. The average Bonchev–Trinajstić information content (AvgIpc) is 3.48. The molecular weight excluding hydrogens is 484 g/mol. The van der Waals surface area contributed by atoms with Gasteiger partial charge in [-0.05, 0) is 0 Å². The van der Waals surface area contributed by atoms with Gasteiger partial charge in [0.1, 0.15) is 31.4 Å². The minimum absolute atomic E-state index is 0.00181. The molecular formula is C18H28N10O8. The lowest BCUT2D eigenvalue weighted by Gasteiger charge is -2.12. The van der Waals surface area contributed by atoms with Crippen LogP contribution in [-0.4, -0.2) is 102 Å². The largest absolute Gasteiger partial charge is 0.394 e. The number of H-pyrrole nitrogens is 2. The number of nitrogens with one attached hydrogen (secondary N) is 3. The van der Waals surface area contributed by atoms with Crippen LogP contribution in [0.1, 0.15) is 0 Å². The molecule has 0 amide bonds. The minimum Gasteiger partial charge on any atom is -0.394 e. The molecule has 5 rings (SSSR count). The van der Waals surface area contributed by atoms with Crippen LogP contribution in [0.4, 0.5) is 23.4 Å². The molecule has 2 aliphatic rings. The zero-order valence-electron chi connectivity index (χ0n) is 19.0. The van der Waals surface area contributed by atoms with Gasteiger partial charge in [0.05, 0.1) is 39.4 Å². The quantitative estimate of drug-likeness (QED) is 0.136. The fraction of sp³-hybridized carbons (Fsp3) is 0.500. The van der Waals surface area contributed by atoms with Gasteiger partial charge in [-0.1, -0.05) is 0 Å². The Morgan fingerprint density at radius 3 is 2.36 bits per heavy atom. The number of hydrogen-bond donors (Lipinski definition) is 9. The second kappa shape index (κ2) is 12.2. The first-order chi connectivity index (χ1) is 17.3. The van der Waals surface area contributed by atoms with Crippen molar-refractivity contribution < 1.29 is 29.9 Å². The molecule has 18 nitrogen and oxygen atoms in total. The van der Waals surface area contributed by atoms with Gasteiger partial charge in [0, 0.05) is 0 Å². The van der Waals surface area contributed by atoms with E-state index in [1.165, 1.54) is 15.8 Å². The van der Waals surface area contributed by atoms with E-state index in [0.29, 0.717) is 18.2 Å². The highest BCUT2D eigenvalue weighted by molar-refractivity contribution is 5.71. The summed E-state index contributed by atoms with van der Waals surface area (Å²) < 4.78 is 11.3. The number of nitrogens with zero attached hydrogens (tertiary/aromatic N) is 5. The van der Waals surface area contributed by atoms with E-state index in [9.17, 15) is 9.59 Å². The highest BCUT2D eigenvalue weighted by Crippen LogP contribution is 2.24. The smallest absolute Gasteiger partial charge is 0.280 e. The van der Waals surface area contributed by atoms with Crippen molar-refractivity contribution in [3.05, 3.63) is 27.0 Å². The van der Waals surface area contributed by atoms with E-state index in [4.69, 9.17) is 36.6 Å². The van der Waals surface area contributed by atoms with Crippen LogP contribution in [-0.2, 0) is 16.2 Å². The van der Waals surface area contributed by atoms with Crippen molar-refractivity contribution in [2.24, 2.45) is 0 Å². The van der Waals surface area contributed by atoms with Crippen LogP contribution in [0.5, 0.6) is 0 Å². The number of imidazole rings is 1. The molecule has 2 aliphatic heterocycles. The molecule has 1 fully saturated rings. The Labute approximate surface area is 202 Å². The molecule has 36 heavy (non-hydrogen) atoms. The summed E-state index contributed by atoms with van der Waals surface area (Å²) in [7, 11) is 0. The van der Waals surface area contributed by atoms with Gasteiger partial charge in [0.25, 0.3) is 11.1 Å². The van der Waals surface area contributed by atoms with E-state index in [-0.39, 0.29) is 68.0 Å². The zero-order chi connectivity index (χ0) is 26.2. The fourth-order valence-corrected chi connectivity index (χ4v) is 2.82. The number of aromatic amines is 2. The molecule has 18 heteroatoms. The Morgan fingerprint density at radius 1 is 1.11 bits per heavy atom. The molecule has 1 atom stereocenters. The summed E-state index contributed by atoms with van der Waals surface area (Å²) >= 11 is 0. The van der Waals surface area contributed by atoms with Crippen LogP contribution < -0.4 is 32.8 Å². The lowest BCUT2D eigenvalue weighted by Crippen LogP contribution is -2.24. The van der Waals surface area contributed by atoms with E-state index < -0.39 is 11.7 Å². The molecule has 0 aromatic carbocycles. The molecule has 3 aromatic heterocycles. The summed E-state index contributed by atoms with van der Waals surface area (Å²) in [6.07, 6.45) is 0.870. The van der Waals surface area contributed by atoms with Gasteiger partial charge in [-0.25, -0.2) is 4.98 Å². The maximum absolute atomic E-state index is 11.5. The number of anilines is 4. The number of nitrogen functional groups attached to an aromatic ring is 2. The standard InChI is InChI=1S/C9H13N5O4.C6H9N5O2.C3H6O2/c10-9-12-7-6(8(17)13-9)11-3-14(7)4-18-5(1-15)2-16;7-6-9-4-3(5(13)10-6)8-1-11(4)2-12;4-1-3-2-5-3/h3,5,15-16H,1-2,4H2,(H3,10,12,13,17);8,12H,1-2H2,(H3,7,9,10,13);3-4H,1-2H2. The summed E-state index contributed by atoms with van der Waals surface area (Å²) in [5.74, 6) is 0.421. The molecule has 198 valence electrons. The molecule has 0 saturated carbocycles. The first-order valence-corrected chi connectivity index (χ1v) is 10.6. The van der Waals surface area contributed by atoms with Crippen molar-refractivity contribution in [1.82, 2.24) is 29.5 Å². The maximum Gasteiger partial charge on any atom is 0.280 e. The van der Waals surface area contributed by atoms with Crippen LogP contribution >= 0.6 is 0 Å². The van der Waals surface area contributed by atoms with E-state index in [2.05, 4.69) is 35.0 Å². The van der Waals surface area contributed by atoms with Gasteiger partial charge in [-0.15, -0.1) is 0 Å². The normalized spacial score (nSPS) is 15.6. The lowest BCUT2D eigenvalue weighted by molar-refractivity contribution is -0.0488. The number of nitrogens with two attached hydrogens (primary N) is 2. The van der Waals surface area contributed by atoms with E-state index in [1.54, 1.807) is 0 Å². The highest BCUT2D eigenvalue weighted by atomic mass is 16.6. The van der Waals surface area contributed by atoms with Crippen molar-refractivity contribution in [3.8, 4) is 0 Å². The van der Waals surface area contributed by atoms with Crippen LogP contribution in [0.15, 0.2) is 15.9 Å². The number of aromatic nitrogens is 6. The number of fused-ring (bicyclic) bond motifs is 2. The van der Waals surface area contributed by atoms with Crippen molar-refractivity contribution in [1.29, 1.82) is 0 Å². The zero-order valence-corrected chi connectivity index (χ0v) is 19.0. The molecule has 11 N–H and O–H groups in total. The topological polar surface area (TPSA) is 279 Å². The second-order valence-electron chi connectivity index (χ2n) is 7.42.